The number of amides is 1. The van der Waals surface area contributed by atoms with Crippen LogP contribution in [0.15, 0.2) is 94.5 Å². The summed E-state index contributed by atoms with van der Waals surface area (Å²) >= 11 is 3.56. The summed E-state index contributed by atoms with van der Waals surface area (Å²) in [4.78, 5) is 12.2. The van der Waals surface area contributed by atoms with E-state index in [1.807, 2.05) is 43.3 Å². The summed E-state index contributed by atoms with van der Waals surface area (Å²) in [6.07, 6.45) is 1.59. The van der Waals surface area contributed by atoms with Gasteiger partial charge in [-0.3, -0.25) is 4.79 Å². The SMILES string of the molecule is CCOc1ccc(C(=O)N/N=C/c2ccc(OCc3cccc4ccccc34)c(Br)c2)cc1. The Hall–Kier alpha value is -3.64. The van der Waals surface area contributed by atoms with Crippen LogP contribution in [0.1, 0.15) is 28.4 Å². The van der Waals surface area contributed by atoms with E-state index in [1.165, 1.54) is 10.8 Å². The molecule has 0 atom stereocenters. The number of hydrogen-bond acceptors (Lipinski definition) is 4. The Morgan fingerprint density at radius 2 is 1.76 bits per heavy atom. The first-order valence-corrected chi connectivity index (χ1v) is 11.4. The molecular formula is C27H23BrN2O3. The molecule has 0 radical (unpaired) electrons. The largest absolute Gasteiger partial charge is 0.494 e. The molecule has 1 amide bonds. The molecule has 5 nitrogen and oxygen atoms in total. The van der Waals surface area contributed by atoms with E-state index in [9.17, 15) is 4.79 Å². The smallest absolute Gasteiger partial charge is 0.271 e. The summed E-state index contributed by atoms with van der Waals surface area (Å²) < 4.78 is 12.2. The fourth-order valence-corrected chi connectivity index (χ4v) is 3.90. The topological polar surface area (TPSA) is 59.9 Å². The lowest BCUT2D eigenvalue weighted by Gasteiger charge is -2.11. The minimum atomic E-state index is -0.289. The van der Waals surface area contributed by atoms with Crippen LogP contribution in [0, 0.1) is 0 Å². The predicted molar refractivity (Wildman–Crippen MR) is 135 cm³/mol. The number of ether oxygens (including phenoxy) is 2. The second kappa shape index (κ2) is 10.8. The number of carbonyl (C=O) groups excluding carboxylic acids is 1. The summed E-state index contributed by atoms with van der Waals surface area (Å²) in [6, 6.07) is 27.1. The van der Waals surface area contributed by atoms with Crippen LogP contribution in [0.2, 0.25) is 0 Å². The number of rotatable bonds is 8. The van der Waals surface area contributed by atoms with Crippen LogP contribution in [0.4, 0.5) is 0 Å². The molecule has 4 aromatic carbocycles. The zero-order chi connectivity index (χ0) is 23.0. The number of carbonyl (C=O) groups is 1. The van der Waals surface area contributed by atoms with E-state index in [1.54, 1.807) is 30.5 Å². The number of benzene rings is 4. The Morgan fingerprint density at radius 1 is 0.970 bits per heavy atom. The quantitative estimate of drug-likeness (QED) is 0.225. The number of hydrazone groups is 1. The highest BCUT2D eigenvalue weighted by Gasteiger charge is 2.06. The highest BCUT2D eigenvalue weighted by atomic mass is 79.9. The van der Waals surface area contributed by atoms with Gasteiger partial charge in [-0.25, -0.2) is 5.43 Å². The van der Waals surface area contributed by atoms with E-state index in [-0.39, 0.29) is 5.91 Å². The molecule has 33 heavy (non-hydrogen) atoms. The van der Waals surface area contributed by atoms with Gasteiger partial charge in [0.15, 0.2) is 0 Å². The van der Waals surface area contributed by atoms with Crippen molar-refractivity contribution < 1.29 is 14.3 Å². The molecule has 0 aromatic heterocycles. The molecule has 1 N–H and O–H groups in total. The van der Waals surface area contributed by atoms with Crippen molar-refractivity contribution in [1.29, 1.82) is 0 Å². The third kappa shape index (κ3) is 5.79. The zero-order valence-corrected chi connectivity index (χ0v) is 19.7. The van der Waals surface area contributed by atoms with E-state index in [2.05, 4.69) is 50.7 Å². The minimum Gasteiger partial charge on any atom is -0.494 e. The van der Waals surface area contributed by atoms with Crippen molar-refractivity contribution in [1.82, 2.24) is 5.43 Å². The summed E-state index contributed by atoms with van der Waals surface area (Å²) in [5, 5.41) is 6.43. The zero-order valence-electron chi connectivity index (χ0n) is 18.1. The first kappa shape index (κ1) is 22.6. The minimum absolute atomic E-state index is 0.289. The Kier molecular flexibility index (Phi) is 7.37. The highest BCUT2D eigenvalue weighted by molar-refractivity contribution is 9.10. The lowest BCUT2D eigenvalue weighted by molar-refractivity contribution is 0.0955. The molecule has 0 aliphatic heterocycles. The van der Waals surface area contributed by atoms with Gasteiger partial charge >= 0.3 is 0 Å². The van der Waals surface area contributed by atoms with Gasteiger partial charge in [0.2, 0.25) is 0 Å². The van der Waals surface area contributed by atoms with Crippen molar-refractivity contribution >= 4 is 38.8 Å². The van der Waals surface area contributed by atoms with E-state index in [0.717, 1.165) is 27.1 Å². The Morgan fingerprint density at radius 3 is 2.55 bits per heavy atom. The standard InChI is InChI=1S/C27H23BrN2O3/c1-2-32-23-13-11-21(12-14-23)27(31)30-29-17-19-10-15-26(25(28)16-19)33-18-22-8-5-7-20-6-3-4-9-24(20)22/h3-17H,2,18H2,1H3,(H,30,31)/b29-17+. The highest BCUT2D eigenvalue weighted by Crippen LogP contribution is 2.27. The van der Waals surface area contributed by atoms with Gasteiger partial charge in [0.25, 0.3) is 5.91 Å². The van der Waals surface area contributed by atoms with Crippen LogP contribution in [0.5, 0.6) is 11.5 Å². The monoisotopic (exact) mass is 502 g/mol. The van der Waals surface area contributed by atoms with Gasteiger partial charge in [-0.05, 0) is 87.2 Å². The summed E-state index contributed by atoms with van der Waals surface area (Å²) in [5.74, 6) is 1.17. The van der Waals surface area contributed by atoms with E-state index in [4.69, 9.17) is 9.47 Å². The van der Waals surface area contributed by atoms with Crippen molar-refractivity contribution in [3.8, 4) is 11.5 Å². The maximum atomic E-state index is 12.2. The van der Waals surface area contributed by atoms with Crippen LogP contribution < -0.4 is 14.9 Å². The molecule has 0 saturated heterocycles. The van der Waals surface area contributed by atoms with Gasteiger partial charge in [-0.2, -0.15) is 5.10 Å². The molecular weight excluding hydrogens is 480 g/mol. The predicted octanol–water partition coefficient (Wildman–Crippen LogP) is 6.34. The van der Waals surface area contributed by atoms with Gasteiger partial charge in [0.05, 0.1) is 17.3 Å². The van der Waals surface area contributed by atoms with Crippen molar-refractivity contribution in [2.24, 2.45) is 5.10 Å². The van der Waals surface area contributed by atoms with Crippen molar-refractivity contribution in [3.63, 3.8) is 0 Å². The Bertz CT molecular complexity index is 1280. The third-order valence-electron chi connectivity index (χ3n) is 5.03. The van der Waals surface area contributed by atoms with Crippen LogP contribution >= 0.6 is 15.9 Å². The molecule has 0 aliphatic rings. The van der Waals surface area contributed by atoms with Gasteiger partial charge in [-0.15, -0.1) is 0 Å². The number of halogens is 1. The second-order valence-electron chi connectivity index (χ2n) is 7.27. The molecule has 4 aromatic rings. The van der Waals surface area contributed by atoms with Crippen molar-refractivity contribution in [2.75, 3.05) is 6.61 Å². The first-order chi connectivity index (χ1) is 16.1. The normalized spacial score (nSPS) is 11.0. The van der Waals surface area contributed by atoms with E-state index >= 15 is 0 Å². The average molecular weight is 503 g/mol. The molecule has 0 saturated carbocycles. The van der Waals surface area contributed by atoms with Crippen LogP contribution in [0.3, 0.4) is 0 Å². The molecule has 166 valence electrons. The summed E-state index contributed by atoms with van der Waals surface area (Å²) in [6.45, 7) is 2.96. The number of nitrogens with one attached hydrogen (secondary N) is 1. The van der Waals surface area contributed by atoms with Crippen LogP contribution in [-0.2, 0) is 6.61 Å². The van der Waals surface area contributed by atoms with Gasteiger partial charge < -0.3 is 9.47 Å². The van der Waals surface area contributed by atoms with Gasteiger partial charge in [0, 0.05) is 5.56 Å². The second-order valence-corrected chi connectivity index (χ2v) is 8.13. The molecule has 0 heterocycles. The van der Waals surface area contributed by atoms with Crippen LogP contribution in [0.25, 0.3) is 10.8 Å². The lowest BCUT2D eigenvalue weighted by Crippen LogP contribution is -2.17. The Labute approximate surface area is 201 Å². The molecule has 0 spiro atoms. The fraction of sp³-hybridized carbons (Fsp3) is 0.111. The summed E-state index contributed by atoms with van der Waals surface area (Å²) in [7, 11) is 0. The maximum absolute atomic E-state index is 12.2. The van der Waals surface area contributed by atoms with Gasteiger partial charge in [-0.1, -0.05) is 42.5 Å². The lowest BCUT2D eigenvalue weighted by atomic mass is 10.1. The molecule has 0 unspecified atom stereocenters. The number of nitrogens with zero attached hydrogens (tertiary/aromatic N) is 1. The number of hydrogen-bond donors (Lipinski definition) is 1. The third-order valence-corrected chi connectivity index (χ3v) is 5.65. The molecule has 6 heteroatoms. The summed E-state index contributed by atoms with van der Waals surface area (Å²) in [5.41, 5.74) is 5.00. The molecule has 0 aliphatic carbocycles. The molecule has 4 rings (SSSR count). The first-order valence-electron chi connectivity index (χ1n) is 10.6. The molecule has 0 fully saturated rings. The van der Waals surface area contributed by atoms with Crippen LogP contribution in [-0.4, -0.2) is 18.7 Å². The maximum Gasteiger partial charge on any atom is 0.271 e. The van der Waals surface area contributed by atoms with Gasteiger partial charge in [0.1, 0.15) is 18.1 Å². The van der Waals surface area contributed by atoms with E-state index in [0.29, 0.717) is 18.8 Å². The number of fused-ring (bicyclic) bond motifs is 1. The Balaban J connectivity index is 1.36. The average Bonchev–Trinajstić information content (AvgIpc) is 2.84. The van der Waals surface area contributed by atoms with Crippen molar-refractivity contribution in [3.05, 3.63) is 106 Å². The molecule has 0 bridgehead atoms. The van der Waals surface area contributed by atoms with E-state index < -0.39 is 0 Å². The van der Waals surface area contributed by atoms with Crippen molar-refractivity contribution in [2.45, 2.75) is 13.5 Å². The fourth-order valence-electron chi connectivity index (χ4n) is 3.39.